The minimum absolute atomic E-state index is 0.893. The minimum Gasteiger partial charge on any atom is -0.0654 e. The second kappa shape index (κ2) is 11.8. The van der Waals surface area contributed by atoms with Crippen molar-refractivity contribution in [3.05, 3.63) is 0 Å². The molecular formula is C19H40. The molecule has 0 spiro atoms. The van der Waals surface area contributed by atoms with E-state index in [0.29, 0.717) is 0 Å². The Hall–Kier alpha value is 0. The van der Waals surface area contributed by atoms with E-state index in [2.05, 4.69) is 41.5 Å². The van der Waals surface area contributed by atoms with Crippen LogP contribution in [-0.4, -0.2) is 0 Å². The molecule has 3 atom stereocenters. The smallest absolute Gasteiger partial charge is 0.0381 e. The average Bonchev–Trinajstić information content (AvgIpc) is 2.36. The van der Waals surface area contributed by atoms with Gasteiger partial charge in [0, 0.05) is 0 Å². The highest BCUT2D eigenvalue weighted by atomic mass is 14.3. The molecule has 1 aliphatic rings. The summed E-state index contributed by atoms with van der Waals surface area (Å²) in [6.07, 6.45) is 12.9. The fourth-order valence-corrected chi connectivity index (χ4v) is 3.49. The zero-order valence-corrected chi connectivity index (χ0v) is 14.7. The van der Waals surface area contributed by atoms with E-state index in [4.69, 9.17) is 0 Å². The molecule has 0 amide bonds. The van der Waals surface area contributed by atoms with Gasteiger partial charge in [0.25, 0.3) is 0 Å². The van der Waals surface area contributed by atoms with Crippen molar-refractivity contribution in [3.63, 3.8) is 0 Å². The van der Waals surface area contributed by atoms with Gasteiger partial charge in [-0.3, -0.25) is 0 Å². The minimum atomic E-state index is 0.893. The fraction of sp³-hybridized carbons (Fsp3) is 1.00. The first-order chi connectivity index (χ1) is 9.04. The quantitative estimate of drug-likeness (QED) is 0.451. The van der Waals surface area contributed by atoms with Crippen LogP contribution in [0.1, 0.15) is 99.3 Å². The summed E-state index contributed by atoms with van der Waals surface area (Å²) < 4.78 is 0. The van der Waals surface area contributed by atoms with Gasteiger partial charge in [-0.15, -0.1) is 0 Å². The van der Waals surface area contributed by atoms with Crippen LogP contribution < -0.4 is 0 Å². The summed E-state index contributed by atoms with van der Waals surface area (Å²) >= 11 is 0. The van der Waals surface area contributed by atoms with Crippen molar-refractivity contribution >= 4 is 0 Å². The highest BCUT2D eigenvalue weighted by Gasteiger charge is 2.27. The Morgan fingerprint density at radius 1 is 0.895 bits per heavy atom. The van der Waals surface area contributed by atoms with Crippen LogP contribution >= 0.6 is 0 Å². The van der Waals surface area contributed by atoms with Gasteiger partial charge in [0.2, 0.25) is 0 Å². The Kier molecular flexibility index (Phi) is 11.8. The van der Waals surface area contributed by atoms with Crippen LogP contribution in [0.3, 0.4) is 0 Å². The predicted molar refractivity (Wildman–Crippen MR) is 89.6 cm³/mol. The zero-order chi connectivity index (χ0) is 14.7. The zero-order valence-electron chi connectivity index (χ0n) is 14.7. The molecule has 1 aliphatic carbocycles. The normalized spacial score (nSPS) is 27.0. The van der Waals surface area contributed by atoms with Gasteiger partial charge < -0.3 is 0 Å². The third-order valence-corrected chi connectivity index (χ3v) is 4.66. The largest absolute Gasteiger partial charge is 0.0654 e. The van der Waals surface area contributed by atoms with E-state index in [1.54, 1.807) is 0 Å². The van der Waals surface area contributed by atoms with Crippen LogP contribution in [-0.2, 0) is 0 Å². The number of rotatable bonds is 6. The molecule has 19 heavy (non-hydrogen) atoms. The summed E-state index contributed by atoms with van der Waals surface area (Å²) in [5, 5.41) is 0. The Morgan fingerprint density at radius 3 is 1.89 bits per heavy atom. The standard InChI is InChI=1S/C13H26.C6H14/c1-5-12-7-6-11(4)9-13(12)8-10(2)3;1-3-5-6-4-2/h10-13H,5-9H2,1-4H3;3-6H2,1-2H3. The molecule has 0 bridgehead atoms. The third kappa shape index (κ3) is 9.52. The lowest BCUT2D eigenvalue weighted by Gasteiger charge is -2.35. The maximum Gasteiger partial charge on any atom is -0.0381 e. The van der Waals surface area contributed by atoms with Crippen LogP contribution in [0.4, 0.5) is 0 Å². The highest BCUT2D eigenvalue weighted by molar-refractivity contribution is 4.78. The Morgan fingerprint density at radius 2 is 1.47 bits per heavy atom. The first-order valence-electron chi connectivity index (χ1n) is 9.04. The molecule has 1 rings (SSSR count). The molecule has 1 saturated carbocycles. The molecule has 0 saturated heterocycles. The van der Waals surface area contributed by atoms with Gasteiger partial charge in [-0.25, -0.2) is 0 Å². The summed E-state index contributed by atoms with van der Waals surface area (Å²) in [4.78, 5) is 0. The predicted octanol–water partition coefficient (Wildman–Crippen LogP) is 7.08. The maximum atomic E-state index is 2.43. The molecule has 0 aromatic carbocycles. The Labute approximate surface area is 123 Å². The highest BCUT2D eigenvalue weighted by Crippen LogP contribution is 2.38. The molecule has 0 heterocycles. The second-order valence-electron chi connectivity index (χ2n) is 7.18. The van der Waals surface area contributed by atoms with Crippen LogP contribution in [0.15, 0.2) is 0 Å². The first kappa shape index (κ1) is 19.0. The summed E-state index contributed by atoms with van der Waals surface area (Å²) in [6, 6.07) is 0. The summed E-state index contributed by atoms with van der Waals surface area (Å²) in [6.45, 7) is 14.0. The Bertz CT molecular complexity index is 176. The maximum absolute atomic E-state index is 2.43. The molecule has 3 unspecified atom stereocenters. The summed E-state index contributed by atoms with van der Waals surface area (Å²) in [5.41, 5.74) is 0. The van der Waals surface area contributed by atoms with Crippen molar-refractivity contribution in [2.24, 2.45) is 23.7 Å². The van der Waals surface area contributed by atoms with Gasteiger partial charge in [0.15, 0.2) is 0 Å². The first-order valence-corrected chi connectivity index (χ1v) is 9.04. The van der Waals surface area contributed by atoms with Crippen LogP contribution in [0.25, 0.3) is 0 Å². The SMILES string of the molecule is CCC1CCC(C)CC1CC(C)C.CCCCCC. The van der Waals surface area contributed by atoms with Crippen LogP contribution in [0, 0.1) is 23.7 Å². The van der Waals surface area contributed by atoms with Crippen molar-refractivity contribution in [3.8, 4) is 0 Å². The summed E-state index contributed by atoms with van der Waals surface area (Å²) in [7, 11) is 0. The summed E-state index contributed by atoms with van der Waals surface area (Å²) in [5.74, 6) is 3.96. The number of hydrogen-bond donors (Lipinski definition) is 0. The van der Waals surface area contributed by atoms with Crippen LogP contribution in [0.5, 0.6) is 0 Å². The van der Waals surface area contributed by atoms with Gasteiger partial charge in [0.05, 0.1) is 0 Å². The lowest BCUT2D eigenvalue weighted by atomic mass is 9.71. The van der Waals surface area contributed by atoms with Gasteiger partial charge in [-0.2, -0.15) is 0 Å². The van der Waals surface area contributed by atoms with Crippen molar-refractivity contribution in [1.29, 1.82) is 0 Å². The topological polar surface area (TPSA) is 0 Å². The third-order valence-electron chi connectivity index (χ3n) is 4.66. The van der Waals surface area contributed by atoms with E-state index in [0.717, 1.165) is 23.7 Å². The van der Waals surface area contributed by atoms with Crippen molar-refractivity contribution in [2.45, 2.75) is 99.3 Å². The van der Waals surface area contributed by atoms with Gasteiger partial charge >= 0.3 is 0 Å². The van der Waals surface area contributed by atoms with Gasteiger partial charge in [-0.05, 0) is 42.9 Å². The molecule has 116 valence electrons. The van der Waals surface area contributed by atoms with E-state index in [1.807, 2.05) is 0 Å². The average molecular weight is 269 g/mol. The van der Waals surface area contributed by atoms with E-state index < -0.39 is 0 Å². The number of hydrogen-bond acceptors (Lipinski definition) is 0. The molecule has 0 heteroatoms. The molecule has 0 aliphatic heterocycles. The van der Waals surface area contributed by atoms with Crippen molar-refractivity contribution < 1.29 is 0 Å². The van der Waals surface area contributed by atoms with E-state index in [-0.39, 0.29) is 0 Å². The lowest BCUT2D eigenvalue weighted by Crippen LogP contribution is -2.24. The van der Waals surface area contributed by atoms with E-state index in [9.17, 15) is 0 Å². The number of unbranched alkanes of at least 4 members (excludes halogenated alkanes) is 3. The molecule has 0 aromatic rings. The van der Waals surface area contributed by atoms with Crippen molar-refractivity contribution in [1.82, 2.24) is 0 Å². The van der Waals surface area contributed by atoms with Gasteiger partial charge in [-0.1, -0.05) is 80.1 Å². The molecule has 1 fully saturated rings. The van der Waals surface area contributed by atoms with E-state index in [1.165, 1.54) is 57.8 Å². The molecule has 0 aromatic heterocycles. The molecular weight excluding hydrogens is 228 g/mol. The second-order valence-corrected chi connectivity index (χ2v) is 7.18. The fourth-order valence-electron chi connectivity index (χ4n) is 3.49. The van der Waals surface area contributed by atoms with Crippen molar-refractivity contribution in [2.75, 3.05) is 0 Å². The van der Waals surface area contributed by atoms with Gasteiger partial charge in [0.1, 0.15) is 0 Å². The van der Waals surface area contributed by atoms with Crippen LogP contribution in [0.2, 0.25) is 0 Å². The lowest BCUT2D eigenvalue weighted by molar-refractivity contribution is 0.159. The Balaban J connectivity index is 0.000000459. The molecule has 0 radical (unpaired) electrons. The molecule has 0 nitrogen and oxygen atoms in total. The monoisotopic (exact) mass is 268 g/mol. The van der Waals surface area contributed by atoms with E-state index >= 15 is 0 Å². The molecule has 0 N–H and O–H groups in total.